The molecule has 5 rings (SSSR count). The molecule has 2 unspecified atom stereocenters. The van der Waals surface area contributed by atoms with Gasteiger partial charge in [0.05, 0.1) is 22.9 Å². The number of nitrogens with zero attached hydrogens (tertiary/aromatic N) is 2. The Hall–Kier alpha value is -2.70. The van der Waals surface area contributed by atoms with Gasteiger partial charge in [-0.1, -0.05) is 11.6 Å². The second-order valence-electron chi connectivity index (χ2n) is 8.28. The standard InChI is InChI=1S/C23H22ClN3O6S2/c1-13-9-27(10-14(2)33-13)35(29,30)21-8-16(3-5-17(21)24)22(28)26-23-25-18(11-34-23)15-4-6-19-20(7-15)32-12-31-19/h3-8,11,13-14H,9-10,12H2,1-2H3,(H,25,26,28). The van der Waals surface area contributed by atoms with Crippen molar-refractivity contribution in [2.75, 3.05) is 25.2 Å². The van der Waals surface area contributed by atoms with E-state index in [2.05, 4.69) is 10.3 Å². The summed E-state index contributed by atoms with van der Waals surface area (Å²) in [5.41, 5.74) is 1.64. The minimum Gasteiger partial charge on any atom is -0.454 e. The topological polar surface area (TPSA) is 107 Å². The Balaban J connectivity index is 1.35. The number of aromatic nitrogens is 1. The van der Waals surface area contributed by atoms with Gasteiger partial charge in [-0.2, -0.15) is 4.31 Å². The molecule has 0 bridgehead atoms. The summed E-state index contributed by atoms with van der Waals surface area (Å²) >= 11 is 7.51. The molecule has 3 aromatic rings. The Morgan fingerprint density at radius 2 is 1.86 bits per heavy atom. The van der Waals surface area contributed by atoms with Gasteiger partial charge in [0.15, 0.2) is 16.6 Å². The van der Waals surface area contributed by atoms with E-state index in [0.717, 1.165) is 5.56 Å². The number of carbonyl (C=O) groups is 1. The number of sulfonamides is 1. The number of hydrogen-bond donors (Lipinski definition) is 1. The Kier molecular flexibility index (Phi) is 6.45. The van der Waals surface area contributed by atoms with Crippen molar-refractivity contribution in [2.24, 2.45) is 0 Å². The van der Waals surface area contributed by atoms with Crippen LogP contribution in [0.2, 0.25) is 5.02 Å². The van der Waals surface area contributed by atoms with Crippen molar-refractivity contribution in [1.82, 2.24) is 9.29 Å². The lowest BCUT2D eigenvalue weighted by molar-refractivity contribution is -0.0440. The van der Waals surface area contributed by atoms with Crippen molar-refractivity contribution in [3.63, 3.8) is 0 Å². The van der Waals surface area contributed by atoms with Crippen LogP contribution in [0, 0.1) is 0 Å². The molecule has 2 aromatic carbocycles. The molecule has 1 saturated heterocycles. The summed E-state index contributed by atoms with van der Waals surface area (Å²) in [6.45, 7) is 4.23. The van der Waals surface area contributed by atoms with E-state index in [9.17, 15) is 13.2 Å². The molecule has 35 heavy (non-hydrogen) atoms. The predicted molar refractivity (Wildman–Crippen MR) is 132 cm³/mol. The van der Waals surface area contributed by atoms with Crippen LogP contribution in [-0.2, 0) is 14.8 Å². The Morgan fingerprint density at radius 1 is 1.11 bits per heavy atom. The molecule has 1 aromatic heterocycles. The maximum absolute atomic E-state index is 13.3. The zero-order valence-corrected chi connectivity index (χ0v) is 21.2. The molecular formula is C23H22ClN3O6S2. The second-order valence-corrected chi connectivity index (χ2v) is 11.5. The number of thiazole rings is 1. The van der Waals surface area contributed by atoms with Gasteiger partial charge in [0.1, 0.15) is 4.90 Å². The van der Waals surface area contributed by atoms with Crippen LogP contribution in [0.25, 0.3) is 11.3 Å². The number of anilines is 1. The van der Waals surface area contributed by atoms with Crippen molar-refractivity contribution in [3.05, 3.63) is 52.4 Å². The largest absolute Gasteiger partial charge is 0.454 e. The fraction of sp³-hybridized carbons (Fsp3) is 0.304. The molecule has 9 nitrogen and oxygen atoms in total. The first kappa shape index (κ1) is 24.0. The van der Waals surface area contributed by atoms with Crippen LogP contribution in [0.4, 0.5) is 5.13 Å². The zero-order chi connectivity index (χ0) is 24.7. The number of benzene rings is 2. The van der Waals surface area contributed by atoms with Gasteiger partial charge in [-0.15, -0.1) is 11.3 Å². The van der Waals surface area contributed by atoms with Gasteiger partial charge in [0.25, 0.3) is 5.91 Å². The summed E-state index contributed by atoms with van der Waals surface area (Å²) in [6.07, 6.45) is -0.495. The lowest BCUT2D eigenvalue weighted by atomic mass is 10.1. The molecule has 2 aliphatic rings. The molecule has 2 aliphatic heterocycles. The third kappa shape index (κ3) is 4.87. The third-order valence-corrected chi connectivity index (χ3v) is 8.66. The first-order valence-electron chi connectivity index (χ1n) is 10.8. The summed E-state index contributed by atoms with van der Waals surface area (Å²) < 4.78 is 44.3. The maximum atomic E-state index is 13.3. The fourth-order valence-electron chi connectivity index (χ4n) is 4.00. The molecule has 0 spiro atoms. The van der Waals surface area contributed by atoms with Crippen LogP contribution in [0.15, 0.2) is 46.7 Å². The van der Waals surface area contributed by atoms with E-state index in [1.807, 2.05) is 31.4 Å². The molecule has 1 N–H and O–H groups in total. The lowest BCUT2D eigenvalue weighted by Gasteiger charge is -2.34. The van der Waals surface area contributed by atoms with Gasteiger partial charge in [-0.05, 0) is 50.2 Å². The van der Waals surface area contributed by atoms with Gasteiger partial charge >= 0.3 is 0 Å². The first-order valence-corrected chi connectivity index (χ1v) is 13.5. The summed E-state index contributed by atoms with van der Waals surface area (Å²) in [7, 11) is -3.92. The van der Waals surface area contributed by atoms with E-state index in [1.54, 1.807) is 6.07 Å². The quantitative estimate of drug-likeness (QED) is 0.520. The van der Waals surface area contributed by atoms with Gasteiger partial charge in [-0.3, -0.25) is 10.1 Å². The average Bonchev–Trinajstić information content (AvgIpc) is 3.47. The second kappa shape index (κ2) is 9.40. The number of halogens is 1. The molecule has 12 heteroatoms. The zero-order valence-electron chi connectivity index (χ0n) is 18.9. The first-order chi connectivity index (χ1) is 16.7. The highest BCUT2D eigenvalue weighted by Crippen LogP contribution is 2.36. The number of amides is 1. The Morgan fingerprint density at radius 3 is 2.63 bits per heavy atom. The van der Waals surface area contributed by atoms with Crippen molar-refractivity contribution in [2.45, 2.75) is 31.0 Å². The van der Waals surface area contributed by atoms with Crippen molar-refractivity contribution < 1.29 is 27.4 Å². The van der Waals surface area contributed by atoms with Crippen LogP contribution in [0.5, 0.6) is 11.5 Å². The predicted octanol–water partition coefficient (Wildman–Crippen LogP) is 4.24. The molecule has 0 saturated carbocycles. The Bertz CT molecular complexity index is 1380. The van der Waals surface area contributed by atoms with Crippen LogP contribution in [0.3, 0.4) is 0 Å². The SMILES string of the molecule is CC1CN(S(=O)(=O)c2cc(C(=O)Nc3nc(-c4ccc5c(c4)OCO5)cs3)ccc2Cl)CC(C)O1. The van der Waals surface area contributed by atoms with Gasteiger partial charge in [0, 0.05) is 29.6 Å². The molecular weight excluding hydrogens is 514 g/mol. The number of fused-ring (bicyclic) bond motifs is 1. The highest BCUT2D eigenvalue weighted by Gasteiger charge is 2.34. The van der Waals surface area contributed by atoms with E-state index < -0.39 is 15.9 Å². The summed E-state index contributed by atoms with van der Waals surface area (Å²) in [5, 5.41) is 4.97. The molecule has 1 amide bonds. The van der Waals surface area contributed by atoms with Crippen LogP contribution in [0.1, 0.15) is 24.2 Å². The smallest absolute Gasteiger partial charge is 0.257 e. The molecule has 0 aliphatic carbocycles. The van der Waals surface area contributed by atoms with Gasteiger partial charge in [-0.25, -0.2) is 13.4 Å². The molecule has 3 heterocycles. The van der Waals surface area contributed by atoms with E-state index >= 15 is 0 Å². The van der Waals surface area contributed by atoms with Crippen molar-refractivity contribution in [3.8, 4) is 22.8 Å². The number of ether oxygens (including phenoxy) is 3. The Labute approximate surface area is 211 Å². The number of nitrogens with one attached hydrogen (secondary N) is 1. The number of carbonyl (C=O) groups excluding carboxylic acids is 1. The number of morpholine rings is 1. The molecule has 2 atom stereocenters. The van der Waals surface area contributed by atoms with Crippen molar-refractivity contribution in [1.29, 1.82) is 0 Å². The molecule has 184 valence electrons. The minimum atomic E-state index is -3.92. The lowest BCUT2D eigenvalue weighted by Crippen LogP contribution is -2.48. The molecule has 1 fully saturated rings. The van der Waals surface area contributed by atoms with Crippen LogP contribution in [-0.4, -0.2) is 55.7 Å². The van der Waals surface area contributed by atoms with Gasteiger partial charge < -0.3 is 14.2 Å². The van der Waals surface area contributed by atoms with Gasteiger partial charge in [0.2, 0.25) is 16.8 Å². The summed E-state index contributed by atoms with van der Waals surface area (Å²) in [6, 6.07) is 9.68. The van der Waals surface area contributed by atoms with E-state index in [1.165, 1.54) is 33.8 Å². The number of rotatable bonds is 5. The van der Waals surface area contributed by atoms with Crippen LogP contribution < -0.4 is 14.8 Å². The fourth-order valence-corrected chi connectivity index (χ4v) is 6.80. The maximum Gasteiger partial charge on any atom is 0.257 e. The highest BCUT2D eigenvalue weighted by molar-refractivity contribution is 7.89. The van der Waals surface area contributed by atoms with Crippen LogP contribution >= 0.6 is 22.9 Å². The number of hydrogen-bond acceptors (Lipinski definition) is 8. The normalized spacial score (nSPS) is 20.1. The molecule has 0 radical (unpaired) electrons. The third-order valence-electron chi connectivity index (χ3n) is 5.59. The van der Waals surface area contributed by atoms with E-state index in [0.29, 0.717) is 22.3 Å². The highest BCUT2D eigenvalue weighted by atomic mass is 35.5. The minimum absolute atomic E-state index is 0.0488. The summed E-state index contributed by atoms with van der Waals surface area (Å²) in [5.74, 6) is 0.820. The monoisotopic (exact) mass is 535 g/mol. The van der Waals surface area contributed by atoms with E-state index in [4.69, 9.17) is 25.8 Å². The van der Waals surface area contributed by atoms with E-state index in [-0.39, 0.29) is 47.6 Å². The van der Waals surface area contributed by atoms with Crippen molar-refractivity contribution >= 4 is 44.0 Å². The summed E-state index contributed by atoms with van der Waals surface area (Å²) in [4.78, 5) is 17.3. The average molecular weight is 536 g/mol.